The number of aliphatic carboxylic acids is 1. The van der Waals surface area contributed by atoms with E-state index in [9.17, 15) is 14.3 Å². The first-order valence-electron chi connectivity index (χ1n) is 6.29. The van der Waals surface area contributed by atoms with Crippen molar-refractivity contribution in [3.8, 4) is 0 Å². The Hall–Kier alpha value is -1.42. The van der Waals surface area contributed by atoms with Gasteiger partial charge in [0.2, 0.25) is 0 Å². The van der Waals surface area contributed by atoms with E-state index < -0.39 is 11.5 Å². The van der Waals surface area contributed by atoms with Crippen LogP contribution < -0.4 is 0 Å². The molecule has 1 unspecified atom stereocenters. The number of benzene rings is 1. The summed E-state index contributed by atoms with van der Waals surface area (Å²) in [6.07, 6.45) is 3.18. The molecule has 1 aromatic carbocycles. The van der Waals surface area contributed by atoms with Gasteiger partial charge in [-0.25, -0.2) is 9.18 Å². The Morgan fingerprint density at radius 1 is 1.22 bits per heavy atom. The van der Waals surface area contributed by atoms with E-state index in [0.29, 0.717) is 5.56 Å². The first-order chi connectivity index (χ1) is 8.55. The highest BCUT2D eigenvalue weighted by Crippen LogP contribution is 2.31. The van der Waals surface area contributed by atoms with Gasteiger partial charge in [-0.1, -0.05) is 18.6 Å². The van der Waals surface area contributed by atoms with Crippen molar-refractivity contribution in [2.45, 2.75) is 31.7 Å². The summed E-state index contributed by atoms with van der Waals surface area (Å²) in [6.45, 7) is 3.26. The fourth-order valence-corrected chi connectivity index (χ4v) is 2.56. The molecule has 98 valence electrons. The largest absolute Gasteiger partial charge is 0.480 e. The molecule has 4 heteroatoms. The van der Waals surface area contributed by atoms with Gasteiger partial charge in [-0.2, -0.15) is 0 Å². The van der Waals surface area contributed by atoms with Crippen LogP contribution in [0, 0.1) is 5.82 Å². The monoisotopic (exact) mass is 251 g/mol. The average molecular weight is 251 g/mol. The molecular weight excluding hydrogens is 233 g/mol. The fraction of sp³-hybridized carbons (Fsp3) is 0.500. The van der Waals surface area contributed by atoms with Crippen LogP contribution in [0.1, 0.15) is 31.7 Å². The molecule has 0 saturated carbocycles. The zero-order chi connectivity index (χ0) is 13.2. The quantitative estimate of drug-likeness (QED) is 0.897. The number of halogens is 1. The maximum atomic E-state index is 13.0. The van der Waals surface area contributed by atoms with Gasteiger partial charge in [-0.15, -0.1) is 0 Å². The van der Waals surface area contributed by atoms with E-state index in [1.165, 1.54) is 12.1 Å². The van der Waals surface area contributed by atoms with Crippen LogP contribution in [-0.2, 0) is 10.3 Å². The number of hydrogen-bond acceptors (Lipinski definition) is 2. The molecule has 18 heavy (non-hydrogen) atoms. The summed E-state index contributed by atoms with van der Waals surface area (Å²) in [4.78, 5) is 13.6. The van der Waals surface area contributed by atoms with Gasteiger partial charge in [0.15, 0.2) is 0 Å². The van der Waals surface area contributed by atoms with Crippen molar-refractivity contribution in [2.75, 3.05) is 13.1 Å². The van der Waals surface area contributed by atoms with Crippen LogP contribution in [0.5, 0.6) is 0 Å². The number of hydrogen-bond donors (Lipinski definition) is 1. The van der Waals surface area contributed by atoms with Gasteiger partial charge < -0.3 is 5.11 Å². The second-order valence-corrected chi connectivity index (χ2v) is 4.93. The molecule has 1 fully saturated rings. The summed E-state index contributed by atoms with van der Waals surface area (Å²) in [5, 5.41) is 9.57. The van der Waals surface area contributed by atoms with E-state index in [4.69, 9.17) is 0 Å². The fourth-order valence-electron chi connectivity index (χ4n) is 2.56. The Labute approximate surface area is 106 Å². The zero-order valence-electron chi connectivity index (χ0n) is 10.5. The van der Waals surface area contributed by atoms with E-state index in [1.807, 2.05) is 4.90 Å². The van der Waals surface area contributed by atoms with Crippen molar-refractivity contribution in [1.29, 1.82) is 0 Å². The molecule has 0 aromatic heterocycles. The van der Waals surface area contributed by atoms with Gasteiger partial charge in [-0.3, -0.25) is 4.90 Å². The van der Waals surface area contributed by atoms with Crippen LogP contribution in [-0.4, -0.2) is 29.1 Å². The Morgan fingerprint density at radius 2 is 1.78 bits per heavy atom. The second kappa shape index (κ2) is 5.06. The lowest BCUT2D eigenvalue weighted by atomic mass is 9.88. The van der Waals surface area contributed by atoms with Gasteiger partial charge in [0.1, 0.15) is 11.4 Å². The average Bonchev–Trinajstić information content (AvgIpc) is 2.39. The molecule has 1 aliphatic rings. The smallest absolute Gasteiger partial charge is 0.328 e. The number of nitrogens with zero attached hydrogens (tertiary/aromatic N) is 1. The number of carboxylic acid groups (broad SMARTS) is 1. The standard InChI is InChI=1S/C14H18FNO2/c1-14(13(17)18,16-9-3-2-4-10-16)11-5-7-12(15)8-6-11/h5-8H,2-4,9-10H2,1H3,(H,17,18). The highest BCUT2D eigenvalue weighted by molar-refractivity contribution is 5.80. The van der Waals surface area contributed by atoms with Gasteiger partial charge >= 0.3 is 5.97 Å². The highest BCUT2D eigenvalue weighted by atomic mass is 19.1. The van der Waals surface area contributed by atoms with Crippen molar-refractivity contribution in [2.24, 2.45) is 0 Å². The Kier molecular flexibility index (Phi) is 3.66. The minimum atomic E-state index is -1.06. The Balaban J connectivity index is 2.36. The predicted molar refractivity (Wildman–Crippen MR) is 66.8 cm³/mol. The third-order valence-corrected chi connectivity index (χ3v) is 3.81. The van der Waals surface area contributed by atoms with Crippen molar-refractivity contribution in [3.63, 3.8) is 0 Å². The van der Waals surface area contributed by atoms with Gasteiger partial charge in [0.05, 0.1) is 0 Å². The lowest BCUT2D eigenvalue weighted by molar-refractivity contribution is -0.152. The summed E-state index contributed by atoms with van der Waals surface area (Å²) in [6, 6.07) is 5.77. The molecule has 1 atom stereocenters. The molecule has 0 radical (unpaired) electrons. The zero-order valence-corrected chi connectivity index (χ0v) is 10.5. The first kappa shape index (κ1) is 13.0. The minimum absolute atomic E-state index is 0.342. The third kappa shape index (κ3) is 2.25. The van der Waals surface area contributed by atoms with Crippen molar-refractivity contribution >= 4 is 5.97 Å². The highest BCUT2D eigenvalue weighted by Gasteiger charge is 2.41. The maximum absolute atomic E-state index is 13.0. The summed E-state index contributed by atoms with van der Waals surface area (Å²) in [5.74, 6) is -1.22. The van der Waals surface area contributed by atoms with Gasteiger partial charge in [0.25, 0.3) is 0 Å². The summed E-state index contributed by atoms with van der Waals surface area (Å²) >= 11 is 0. The topological polar surface area (TPSA) is 40.5 Å². The third-order valence-electron chi connectivity index (χ3n) is 3.81. The molecule has 1 aromatic rings. The van der Waals surface area contributed by atoms with Crippen LogP contribution in [0.3, 0.4) is 0 Å². The molecule has 1 aliphatic heterocycles. The number of piperidine rings is 1. The Morgan fingerprint density at radius 3 is 2.28 bits per heavy atom. The van der Waals surface area contributed by atoms with E-state index in [1.54, 1.807) is 19.1 Å². The number of carboxylic acids is 1. The molecule has 0 aliphatic carbocycles. The molecular formula is C14H18FNO2. The molecule has 1 N–H and O–H groups in total. The van der Waals surface area contributed by atoms with Crippen molar-refractivity contribution < 1.29 is 14.3 Å². The predicted octanol–water partition coefficient (Wildman–Crippen LogP) is 2.61. The number of likely N-dealkylation sites (tertiary alicyclic amines) is 1. The van der Waals surface area contributed by atoms with Crippen LogP contribution in [0.2, 0.25) is 0 Å². The Bertz CT molecular complexity index is 426. The lowest BCUT2D eigenvalue weighted by Gasteiger charge is -2.40. The summed E-state index contributed by atoms with van der Waals surface area (Å²) in [7, 11) is 0. The van der Waals surface area contributed by atoms with E-state index >= 15 is 0 Å². The molecule has 2 rings (SSSR count). The first-order valence-corrected chi connectivity index (χ1v) is 6.29. The minimum Gasteiger partial charge on any atom is -0.480 e. The van der Waals surface area contributed by atoms with Gasteiger partial charge in [0, 0.05) is 0 Å². The van der Waals surface area contributed by atoms with Crippen LogP contribution in [0.25, 0.3) is 0 Å². The molecule has 0 amide bonds. The van der Waals surface area contributed by atoms with Crippen molar-refractivity contribution in [1.82, 2.24) is 4.90 Å². The maximum Gasteiger partial charge on any atom is 0.328 e. The molecule has 1 saturated heterocycles. The molecule has 0 bridgehead atoms. The molecule has 1 heterocycles. The number of rotatable bonds is 3. The van der Waals surface area contributed by atoms with Crippen LogP contribution >= 0.6 is 0 Å². The SMILES string of the molecule is CC(C(=O)O)(c1ccc(F)cc1)N1CCCCC1. The summed E-state index contributed by atoms with van der Waals surface area (Å²) in [5.41, 5.74) is -0.424. The lowest BCUT2D eigenvalue weighted by Crippen LogP contribution is -2.51. The van der Waals surface area contributed by atoms with Crippen LogP contribution in [0.15, 0.2) is 24.3 Å². The van der Waals surface area contributed by atoms with Gasteiger partial charge in [-0.05, 0) is 50.6 Å². The van der Waals surface area contributed by atoms with Crippen molar-refractivity contribution in [3.05, 3.63) is 35.6 Å². The normalized spacial score (nSPS) is 20.3. The second-order valence-electron chi connectivity index (χ2n) is 4.93. The van der Waals surface area contributed by atoms with Crippen LogP contribution in [0.4, 0.5) is 4.39 Å². The van der Waals surface area contributed by atoms with E-state index in [-0.39, 0.29) is 5.82 Å². The molecule has 0 spiro atoms. The summed E-state index contributed by atoms with van der Waals surface area (Å²) < 4.78 is 13.0. The molecule has 3 nitrogen and oxygen atoms in total. The number of carbonyl (C=O) groups is 1. The van der Waals surface area contributed by atoms with E-state index in [0.717, 1.165) is 32.4 Å². The van der Waals surface area contributed by atoms with E-state index in [2.05, 4.69) is 0 Å².